The molecule has 3 heterocycles. The molecular formula is C18H35Cl2N3O2. The molecule has 3 aliphatic rings. The van der Waals surface area contributed by atoms with Gasteiger partial charge < -0.3 is 20.3 Å². The van der Waals surface area contributed by atoms with Crippen LogP contribution in [-0.2, 0) is 9.53 Å². The number of halogens is 2. The number of nitrogens with two attached hydrogens (primary N) is 1. The first kappa shape index (κ1) is 23.0. The van der Waals surface area contributed by atoms with Crippen molar-refractivity contribution in [3.05, 3.63) is 0 Å². The Balaban J connectivity index is 0.00000156. The average Bonchev–Trinajstić information content (AvgIpc) is 3.06. The average molecular weight is 396 g/mol. The van der Waals surface area contributed by atoms with E-state index in [0.717, 1.165) is 38.9 Å². The zero-order chi connectivity index (χ0) is 16.2. The van der Waals surface area contributed by atoms with Gasteiger partial charge in [-0.2, -0.15) is 0 Å². The van der Waals surface area contributed by atoms with E-state index in [1.54, 1.807) is 0 Å². The van der Waals surface area contributed by atoms with E-state index in [9.17, 15) is 4.79 Å². The molecule has 0 aromatic heterocycles. The van der Waals surface area contributed by atoms with E-state index in [0.29, 0.717) is 18.5 Å². The van der Waals surface area contributed by atoms with E-state index in [2.05, 4.69) is 16.7 Å². The lowest BCUT2D eigenvalue weighted by atomic mass is 9.94. The fraction of sp³-hybridized carbons (Fsp3) is 0.944. The molecule has 0 aliphatic carbocycles. The van der Waals surface area contributed by atoms with Crippen molar-refractivity contribution < 1.29 is 9.53 Å². The number of nitrogens with zero attached hydrogens (tertiary/aromatic N) is 2. The second-order valence-corrected chi connectivity index (χ2v) is 7.69. The summed E-state index contributed by atoms with van der Waals surface area (Å²) in [6, 6.07) is 0.707. The Bertz CT molecular complexity index is 414. The zero-order valence-corrected chi connectivity index (χ0v) is 17.0. The topological polar surface area (TPSA) is 58.8 Å². The molecule has 0 radical (unpaired) electrons. The van der Waals surface area contributed by atoms with Crippen molar-refractivity contribution in [1.82, 2.24) is 9.80 Å². The van der Waals surface area contributed by atoms with E-state index in [4.69, 9.17) is 10.5 Å². The van der Waals surface area contributed by atoms with Crippen LogP contribution in [0.2, 0.25) is 0 Å². The van der Waals surface area contributed by atoms with Crippen molar-refractivity contribution in [3.8, 4) is 0 Å². The van der Waals surface area contributed by atoms with Gasteiger partial charge in [0.25, 0.3) is 5.91 Å². The molecule has 3 rings (SSSR count). The normalized spacial score (nSPS) is 33.4. The molecule has 2 N–H and O–H groups in total. The highest BCUT2D eigenvalue weighted by atomic mass is 35.5. The van der Waals surface area contributed by atoms with Gasteiger partial charge in [-0.05, 0) is 57.9 Å². The first-order chi connectivity index (χ1) is 11.2. The first-order valence-electron chi connectivity index (χ1n) is 9.55. The molecule has 0 saturated carbocycles. The number of hydrogen-bond acceptors (Lipinski definition) is 4. The number of ether oxygens (including phenoxy) is 1. The molecule has 2 unspecified atom stereocenters. The van der Waals surface area contributed by atoms with Gasteiger partial charge in [-0.25, -0.2) is 0 Å². The number of piperidine rings is 2. The standard InChI is InChI=1S/C18H33N3O2.2ClH/c1-14-5-2-3-9-20(14)12-15-6-4-10-21(13-15)18(22)17-8-7-16(11-19)23-17;;/h14-17H,2-13,19H2,1H3;2*1H/t14?,15?,16-,17+;;/m1../s1. The van der Waals surface area contributed by atoms with E-state index in [1.807, 2.05) is 0 Å². The third-order valence-corrected chi connectivity index (χ3v) is 5.91. The van der Waals surface area contributed by atoms with Gasteiger partial charge in [-0.1, -0.05) is 6.42 Å². The molecule has 3 aliphatic heterocycles. The van der Waals surface area contributed by atoms with Gasteiger partial charge in [0.05, 0.1) is 6.10 Å². The minimum Gasteiger partial charge on any atom is -0.364 e. The van der Waals surface area contributed by atoms with Crippen LogP contribution in [0.1, 0.15) is 51.9 Å². The van der Waals surface area contributed by atoms with Crippen molar-refractivity contribution >= 4 is 30.7 Å². The lowest BCUT2D eigenvalue weighted by Gasteiger charge is -2.40. The van der Waals surface area contributed by atoms with Gasteiger partial charge in [-0.3, -0.25) is 4.79 Å². The van der Waals surface area contributed by atoms with E-state index < -0.39 is 0 Å². The Kier molecular flexibility index (Phi) is 10.0. The summed E-state index contributed by atoms with van der Waals surface area (Å²) in [5.74, 6) is 0.831. The van der Waals surface area contributed by atoms with Gasteiger partial charge in [-0.15, -0.1) is 24.8 Å². The lowest BCUT2D eigenvalue weighted by Crippen LogP contribution is -2.49. The zero-order valence-electron chi connectivity index (χ0n) is 15.4. The molecular weight excluding hydrogens is 361 g/mol. The van der Waals surface area contributed by atoms with Crippen molar-refractivity contribution in [2.45, 2.75) is 70.1 Å². The van der Waals surface area contributed by atoms with Crippen molar-refractivity contribution in [1.29, 1.82) is 0 Å². The van der Waals surface area contributed by atoms with Crippen LogP contribution < -0.4 is 5.73 Å². The molecule has 3 fully saturated rings. The summed E-state index contributed by atoms with van der Waals surface area (Å²) < 4.78 is 5.80. The summed E-state index contributed by atoms with van der Waals surface area (Å²) in [6.45, 7) is 7.08. The SMILES string of the molecule is CC1CCCCN1CC1CCCN(C(=O)[C@@H]2CC[C@H](CN)O2)C1.Cl.Cl. The van der Waals surface area contributed by atoms with Gasteiger partial charge >= 0.3 is 0 Å². The van der Waals surface area contributed by atoms with Crippen molar-refractivity contribution in [3.63, 3.8) is 0 Å². The first-order valence-corrected chi connectivity index (χ1v) is 9.55. The van der Waals surface area contributed by atoms with Crippen LogP contribution in [0, 0.1) is 5.92 Å². The summed E-state index contributed by atoms with van der Waals surface area (Å²) in [4.78, 5) is 17.4. The minimum absolute atomic E-state index is 0. The maximum Gasteiger partial charge on any atom is 0.251 e. The van der Waals surface area contributed by atoms with E-state index in [1.165, 1.54) is 32.2 Å². The minimum atomic E-state index is -0.240. The second kappa shape index (κ2) is 10.9. The smallest absolute Gasteiger partial charge is 0.251 e. The molecule has 5 nitrogen and oxygen atoms in total. The summed E-state index contributed by atoms with van der Waals surface area (Å²) in [7, 11) is 0. The summed E-state index contributed by atoms with van der Waals surface area (Å²) in [5, 5.41) is 0. The molecule has 1 amide bonds. The fourth-order valence-corrected chi connectivity index (χ4v) is 4.44. The number of carbonyl (C=O) groups is 1. The Morgan fingerprint density at radius 2 is 1.88 bits per heavy atom. The predicted molar refractivity (Wildman–Crippen MR) is 106 cm³/mol. The molecule has 4 atom stereocenters. The third kappa shape index (κ3) is 5.96. The van der Waals surface area contributed by atoms with Crippen molar-refractivity contribution in [2.24, 2.45) is 11.7 Å². The van der Waals surface area contributed by atoms with Crippen LogP contribution in [-0.4, -0.2) is 66.7 Å². The van der Waals surface area contributed by atoms with E-state index >= 15 is 0 Å². The van der Waals surface area contributed by atoms with Gasteiger partial charge in [0, 0.05) is 32.2 Å². The Morgan fingerprint density at radius 3 is 2.56 bits per heavy atom. The summed E-state index contributed by atoms with van der Waals surface area (Å²) in [5.41, 5.74) is 5.66. The number of hydrogen-bond donors (Lipinski definition) is 1. The highest BCUT2D eigenvalue weighted by molar-refractivity contribution is 5.85. The van der Waals surface area contributed by atoms with Crippen molar-refractivity contribution in [2.75, 3.05) is 32.7 Å². The number of rotatable bonds is 4. The number of likely N-dealkylation sites (tertiary alicyclic amines) is 2. The maximum atomic E-state index is 12.7. The summed E-state index contributed by atoms with van der Waals surface area (Å²) in [6.07, 6.45) is 8.02. The Morgan fingerprint density at radius 1 is 1.08 bits per heavy atom. The van der Waals surface area contributed by atoms with Crippen LogP contribution in [0.5, 0.6) is 0 Å². The van der Waals surface area contributed by atoms with Crippen LogP contribution in [0.25, 0.3) is 0 Å². The van der Waals surface area contributed by atoms with Crippen LogP contribution in [0.4, 0.5) is 0 Å². The lowest BCUT2D eigenvalue weighted by molar-refractivity contribution is -0.144. The molecule has 148 valence electrons. The van der Waals surface area contributed by atoms with Gasteiger partial charge in [0.2, 0.25) is 0 Å². The molecule has 3 saturated heterocycles. The molecule has 0 bridgehead atoms. The quantitative estimate of drug-likeness (QED) is 0.793. The Labute approximate surface area is 164 Å². The highest BCUT2D eigenvalue weighted by Crippen LogP contribution is 2.26. The Hall–Kier alpha value is -0.0700. The second-order valence-electron chi connectivity index (χ2n) is 7.69. The molecule has 0 aromatic rings. The van der Waals surface area contributed by atoms with Gasteiger partial charge in [0.1, 0.15) is 6.10 Å². The predicted octanol–water partition coefficient (Wildman–Crippen LogP) is 2.45. The maximum absolute atomic E-state index is 12.7. The molecule has 0 spiro atoms. The molecule has 25 heavy (non-hydrogen) atoms. The number of carbonyl (C=O) groups excluding carboxylic acids is 1. The number of amides is 1. The van der Waals surface area contributed by atoms with Gasteiger partial charge in [0.15, 0.2) is 0 Å². The largest absolute Gasteiger partial charge is 0.364 e. The molecule has 7 heteroatoms. The third-order valence-electron chi connectivity index (χ3n) is 5.91. The molecule has 0 aromatic carbocycles. The van der Waals surface area contributed by atoms with E-state index in [-0.39, 0.29) is 42.9 Å². The summed E-state index contributed by atoms with van der Waals surface area (Å²) >= 11 is 0. The fourth-order valence-electron chi connectivity index (χ4n) is 4.44. The van der Waals surface area contributed by atoms with Crippen LogP contribution in [0.3, 0.4) is 0 Å². The van der Waals surface area contributed by atoms with Crippen LogP contribution >= 0.6 is 24.8 Å². The highest BCUT2D eigenvalue weighted by Gasteiger charge is 2.35. The monoisotopic (exact) mass is 395 g/mol. The van der Waals surface area contributed by atoms with Crippen LogP contribution in [0.15, 0.2) is 0 Å².